The lowest BCUT2D eigenvalue weighted by atomic mass is 10.1. The molecule has 0 bridgehead atoms. The number of carbonyl (C=O) groups excluding carboxylic acids is 2. The van der Waals surface area contributed by atoms with Crippen LogP contribution in [0.2, 0.25) is 0 Å². The third-order valence-electron chi connectivity index (χ3n) is 4.42. The number of benzene rings is 2. The molecule has 1 aliphatic rings. The number of amides is 2. The van der Waals surface area contributed by atoms with Gasteiger partial charge in [-0.1, -0.05) is 54.6 Å². The minimum absolute atomic E-state index is 0.0917. The maximum Gasteiger partial charge on any atom is 0.253 e. The molecule has 0 fully saturated rings. The number of nitrogens with one attached hydrogen (secondary N) is 1. The van der Waals surface area contributed by atoms with Crippen molar-refractivity contribution in [2.75, 3.05) is 6.54 Å². The van der Waals surface area contributed by atoms with Crippen molar-refractivity contribution in [2.24, 2.45) is 0 Å². The second-order valence-electron chi connectivity index (χ2n) is 6.23. The van der Waals surface area contributed by atoms with Gasteiger partial charge in [-0.25, -0.2) is 0 Å². The maximum atomic E-state index is 12.3. The minimum Gasteiger partial charge on any atom is -0.378 e. The van der Waals surface area contributed by atoms with Crippen LogP contribution >= 0.6 is 0 Å². The molecule has 2 aromatic carbocycles. The molecule has 0 saturated carbocycles. The number of aliphatic hydroxyl groups excluding tert-OH is 1. The highest BCUT2D eigenvalue weighted by Gasteiger charge is 2.22. The normalized spacial score (nSPS) is 14.0. The number of hydrogen-bond donors (Lipinski definition) is 2. The standard InChI is InChI=1S/C20H22N2O3/c23-18(22-13-16-9-4-5-10-17(16)14-22)11-6-12-21-20(25)19(24)15-7-2-1-3-8-15/h1-5,7-10,19,24H,6,11-14H2,(H,21,25). The van der Waals surface area contributed by atoms with E-state index in [1.165, 1.54) is 11.1 Å². The van der Waals surface area contributed by atoms with Gasteiger partial charge in [0.25, 0.3) is 5.91 Å². The summed E-state index contributed by atoms with van der Waals surface area (Å²) in [6, 6.07) is 16.9. The van der Waals surface area contributed by atoms with Gasteiger partial charge in [0.05, 0.1) is 0 Å². The van der Waals surface area contributed by atoms with Gasteiger partial charge in [0.1, 0.15) is 0 Å². The molecular weight excluding hydrogens is 316 g/mol. The molecule has 0 spiro atoms. The van der Waals surface area contributed by atoms with Crippen molar-refractivity contribution in [3.8, 4) is 0 Å². The zero-order valence-electron chi connectivity index (χ0n) is 14.0. The first kappa shape index (κ1) is 17.2. The van der Waals surface area contributed by atoms with Crippen LogP contribution in [0.25, 0.3) is 0 Å². The van der Waals surface area contributed by atoms with Crippen molar-refractivity contribution in [3.63, 3.8) is 0 Å². The van der Waals surface area contributed by atoms with Crippen LogP contribution in [0.3, 0.4) is 0 Å². The highest BCUT2D eigenvalue weighted by molar-refractivity contribution is 5.82. The summed E-state index contributed by atoms with van der Waals surface area (Å²) >= 11 is 0. The molecule has 5 heteroatoms. The Hall–Kier alpha value is -2.66. The maximum absolute atomic E-state index is 12.3. The molecular formula is C20H22N2O3. The molecule has 1 atom stereocenters. The summed E-state index contributed by atoms with van der Waals surface area (Å²) in [4.78, 5) is 26.1. The lowest BCUT2D eigenvalue weighted by Gasteiger charge is -2.16. The summed E-state index contributed by atoms with van der Waals surface area (Å²) in [6.45, 7) is 1.69. The molecule has 0 aromatic heterocycles. The number of hydrogen-bond acceptors (Lipinski definition) is 3. The summed E-state index contributed by atoms with van der Waals surface area (Å²) in [5.41, 5.74) is 2.97. The number of rotatable bonds is 6. The summed E-state index contributed by atoms with van der Waals surface area (Å²) < 4.78 is 0. The lowest BCUT2D eigenvalue weighted by molar-refractivity contribution is -0.132. The Kier molecular flexibility index (Phi) is 5.46. The fraction of sp³-hybridized carbons (Fsp3) is 0.300. The molecule has 1 heterocycles. The van der Waals surface area contributed by atoms with Gasteiger partial charge in [-0.2, -0.15) is 0 Å². The van der Waals surface area contributed by atoms with E-state index in [1.807, 2.05) is 35.2 Å². The van der Waals surface area contributed by atoms with Gasteiger partial charge in [0.15, 0.2) is 6.10 Å². The van der Waals surface area contributed by atoms with E-state index in [1.54, 1.807) is 24.3 Å². The van der Waals surface area contributed by atoms with Crippen LogP contribution in [-0.4, -0.2) is 28.4 Å². The number of aliphatic hydroxyl groups is 1. The molecule has 1 aliphatic heterocycles. The average molecular weight is 338 g/mol. The summed E-state index contributed by atoms with van der Waals surface area (Å²) in [5, 5.41) is 12.7. The van der Waals surface area contributed by atoms with Gasteiger partial charge in [0.2, 0.25) is 5.91 Å². The van der Waals surface area contributed by atoms with Crippen LogP contribution < -0.4 is 5.32 Å². The lowest BCUT2D eigenvalue weighted by Crippen LogP contribution is -2.31. The molecule has 2 aromatic rings. The molecule has 5 nitrogen and oxygen atoms in total. The van der Waals surface area contributed by atoms with Gasteiger partial charge in [-0.05, 0) is 23.1 Å². The van der Waals surface area contributed by atoms with Crippen LogP contribution in [0.5, 0.6) is 0 Å². The molecule has 25 heavy (non-hydrogen) atoms. The van der Waals surface area contributed by atoms with E-state index in [4.69, 9.17) is 0 Å². The zero-order chi connectivity index (χ0) is 17.6. The minimum atomic E-state index is -1.18. The summed E-state index contributed by atoms with van der Waals surface area (Å²) in [6.07, 6.45) is -0.237. The molecule has 130 valence electrons. The zero-order valence-corrected chi connectivity index (χ0v) is 14.0. The second-order valence-corrected chi connectivity index (χ2v) is 6.23. The van der Waals surface area contributed by atoms with Crippen LogP contribution in [0.1, 0.15) is 35.6 Å². The Bertz CT molecular complexity index is 721. The van der Waals surface area contributed by atoms with Crippen molar-refractivity contribution in [2.45, 2.75) is 32.0 Å². The topological polar surface area (TPSA) is 69.6 Å². The Labute approximate surface area is 147 Å². The van der Waals surface area contributed by atoms with Gasteiger partial charge in [0, 0.05) is 26.1 Å². The average Bonchev–Trinajstić information content (AvgIpc) is 3.09. The second kappa shape index (κ2) is 7.94. The van der Waals surface area contributed by atoms with E-state index < -0.39 is 12.0 Å². The van der Waals surface area contributed by atoms with E-state index in [-0.39, 0.29) is 5.91 Å². The first-order chi connectivity index (χ1) is 12.1. The van der Waals surface area contributed by atoms with Crippen LogP contribution in [0.15, 0.2) is 54.6 Å². The third kappa shape index (κ3) is 4.25. The molecule has 0 saturated heterocycles. The van der Waals surface area contributed by atoms with Crippen LogP contribution in [0, 0.1) is 0 Å². The monoisotopic (exact) mass is 338 g/mol. The molecule has 0 aliphatic carbocycles. The predicted octanol–water partition coefficient (Wildman–Crippen LogP) is 2.16. The van der Waals surface area contributed by atoms with Crippen molar-refractivity contribution >= 4 is 11.8 Å². The third-order valence-corrected chi connectivity index (χ3v) is 4.42. The molecule has 1 unspecified atom stereocenters. The first-order valence-electron chi connectivity index (χ1n) is 8.50. The van der Waals surface area contributed by atoms with Crippen molar-refractivity contribution in [1.82, 2.24) is 10.2 Å². The van der Waals surface area contributed by atoms with Gasteiger partial charge in [-0.15, -0.1) is 0 Å². The molecule has 3 rings (SSSR count). The molecule has 0 radical (unpaired) electrons. The fourth-order valence-corrected chi connectivity index (χ4v) is 3.00. The Balaban J connectivity index is 1.39. The van der Waals surface area contributed by atoms with E-state index in [0.29, 0.717) is 38.0 Å². The largest absolute Gasteiger partial charge is 0.378 e. The molecule has 2 N–H and O–H groups in total. The number of fused-ring (bicyclic) bond motifs is 1. The highest BCUT2D eigenvalue weighted by atomic mass is 16.3. The van der Waals surface area contributed by atoms with Crippen molar-refractivity contribution < 1.29 is 14.7 Å². The number of nitrogens with zero attached hydrogens (tertiary/aromatic N) is 1. The smallest absolute Gasteiger partial charge is 0.253 e. The van der Waals surface area contributed by atoms with Crippen molar-refractivity contribution in [3.05, 3.63) is 71.3 Å². The SMILES string of the molecule is O=C(NCCCC(=O)N1Cc2ccccc2C1)C(O)c1ccccc1. The summed E-state index contributed by atoms with van der Waals surface area (Å²) in [7, 11) is 0. The molecule has 2 amide bonds. The summed E-state index contributed by atoms with van der Waals surface area (Å²) in [5.74, 6) is -0.346. The Morgan fingerprint density at radius 2 is 1.60 bits per heavy atom. The van der Waals surface area contributed by atoms with E-state index in [2.05, 4.69) is 5.32 Å². The van der Waals surface area contributed by atoms with E-state index in [9.17, 15) is 14.7 Å². The van der Waals surface area contributed by atoms with Gasteiger partial charge < -0.3 is 15.3 Å². The first-order valence-corrected chi connectivity index (χ1v) is 8.50. The quantitative estimate of drug-likeness (QED) is 0.793. The van der Waals surface area contributed by atoms with Crippen molar-refractivity contribution in [1.29, 1.82) is 0 Å². The highest BCUT2D eigenvalue weighted by Crippen LogP contribution is 2.22. The Morgan fingerprint density at radius 3 is 2.24 bits per heavy atom. The fourth-order valence-electron chi connectivity index (χ4n) is 3.00. The van der Waals surface area contributed by atoms with Crippen LogP contribution in [-0.2, 0) is 22.7 Å². The Morgan fingerprint density at radius 1 is 1.00 bits per heavy atom. The predicted molar refractivity (Wildman–Crippen MR) is 94.3 cm³/mol. The number of carbonyl (C=O) groups is 2. The van der Waals surface area contributed by atoms with Gasteiger partial charge >= 0.3 is 0 Å². The van der Waals surface area contributed by atoms with E-state index in [0.717, 1.165) is 0 Å². The van der Waals surface area contributed by atoms with Crippen LogP contribution in [0.4, 0.5) is 0 Å². The van der Waals surface area contributed by atoms with E-state index >= 15 is 0 Å². The van der Waals surface area contributed by atoms with Gasteiger partial charge in [-0.3, -0.25) is 9.59 Å².